The highest BCUT2D eigenvalue weighted by molar-refractivity contribution is 6.34. The van der Waals surface area contributed by atoms with E-state index in [4.69, 9.17) is 23.2 Å². The van der Waals surface area contributed by atoms with Crippen LogP contribution in [0.3, 0.4) is 0 Å². The molecular formula is C12H14Cl2N4. The Labute approximate surface area is 116 Å². The summed E-state index contributed by atoms with van der Waals surface area (Å²) in [7, 11) is 0. The van der Waals surface area contributed by atoms with E-state index in [0.717, 1.165) is 23.5 Å². The smallest absolute Gasteiger partial charge is 0.154 e. The van der Waals surface area contributed by atoms with Crippen molar-refractivity contribution in [1.29, 1.82) is 0 Å². The van der Waals surface area contributed by atoms with Gasteiger partial charge in [0, 0.05) is 12.7 Å². The number of nitrogens with zero attached hydrogens (tertiary/aromatic N) is 3. The Hall–Kier alpha value is -1.26. The topological polar surface area (TPSA) is 42.7 Å². The molecule has 2 aromatic heterocycles. The maximum atomic E-state index is 6.07. The van der Waals surface area contributed by atoms with Crippen LogP contribution in [0.5, 0.6) is 0 Å². The van der Waals surface area contributed by atoms with E-state index < -0.39 is 0 Å². The second kappa shape index (κ2) is 5.59. The third kappa shape index (κ3) is 2.76. The molecule has 2 aromatic rings. The standard InChI is InChI=1S/C12H14Cl2N4/c1-3-18-7-15-5-9(18)6-16-11-8(2)4-10(13)17-12(11)14/h4-5,7,16H,3,6H2,1-2H3. The van der Waals surface area contributed by atoms with Gasteiger partial charge < -0.3 is 9.88 Å². The average molecular weight is 285 g/mol. The number of imidazole rings is 1. The van der Waals surface area contributed by atoms with Crippen LogP contribution in [0.1, 0.15) is 18.2 Å². The quantitative estimate of drug-likeness (QED) is 0.874. The van der Waals surface area contributed by atoms with Crippen LogP contribution in [0.15, 0.2) is 18.6 Å². The normalized spacial score (nSPS) is 10.7. The highest BCUT2D eigenvalue weighted by atomic mass is 35.5. The van der Waals surface area contributed by atoms with E-state index in [9.17, 15) is 0 Å². The molecule has 6 heteroatoms. The lowest BCUT2D eigenvalue weighted by Gasteiger charge is -2.12. The molecule has 0 aliphatic carbocycles. The molecule has 0 saturated heterocycles. The lowest BCUT2D eigenvalue weighted by atomic mass is 10.2. The van der Waals surface area contributed by atoms with Crippen LogP contribution < -0.4 is 5.32 Å². The highest BCUT2D eigenvalue weighted by Gasteiger charge is 2.08. The molecule has 0 atom stereocenters. The fourth-order valence-electron chi connectivity index (χ4n) is 1.77. The summed E-state index contributed by atoms with van der Waals surface area (Å²) in [4.78, 5) is 8.14. The Bertz CT molecular complexity index is 528. The van der Waals surface area contributed by atoms with E-state index in [2.05, 4.69) is 26.8 Å². The predicted octanol–water partition coefficient (Wildman–Crippen LogP) is 3.53. The van der Waals surface area contributed by atoms with Crippen molar-refractivity contribution in [2.45, 2.75) is 26.9 Å². The molecule has 2 rings (SSSR count). The number of pyridine rings is 1. The van der Waals surface area contributed by atoms with E-state index >= 15 is 0 Å². The van der Waals surface area contributed by atoms with Gasteiger partial charge in [-0.05, 0) is 25.5 Å². The van der Waals surface area contributed by atoms with E-state index in [1.807, 2.05) is 19.4 Å². The van der Waals surface area contributed by atoms with Crippen molar-refractivity contribution in [3.8, 4) is 0 Å². The van der Waals surface area contributed by atoms with Gasteiger partial charge in [-0.2, -0.15) is 0 Å². The van der Waals surface area contributed by atoms with Gasteiger partial charge in [-0.3, -0.25) is 0 Å². The Morgan fingerprint density at radius 1 is 1.39 bits per heavy atom. The second-order valence-electron chi connectivity index (χ2n) is 3.95. The first-order valence-electron chi connectivity index (χ1n) is 5.67. The summed E-state index contributed by atoms with van der Waals surface area (Å²) in [6.07, 6.45) is 3.65. The third-order valence-corrected chi connectivity index (χ3v) is 3.19. The summed E-state index contributed by atoms with van der Waals surface area (Å²) in [6.45, 7) is 5.56. The molecule has 18 heavy (non-hydrogen) atoms. The number of aryl methyl sites for hydroxylation is 2. The summed E-state index contributed by atoms with van der Waals surface area (Å²) >= 11 is 11.9. The first-order valence-corrected chi connectivity index (χ1v) is 6.43. The maximum Gasteiger partial charge on any atom is 0.154 e. The second-order valence-corrected chi connectivity index (χ2v) is 4.70. The summed E-state index contributed by atoms with van der Waals surface area (Å²) in [5.41, 5.74) is 2.88. The Balaban J connectivity index is 2.16. The fraction of sp³-hybridized carbons (Fsp3) is 0.333. The van der Waals surface area contributed by atoms with Gasteiger partial charge in [-0.25, -0.2) is 9.97 Å². The first kappa shape index (κ1) is 13.2. The number of rotatable bonds is 4. The van der Waals surface area contributed by atoms with Gasteiger partial charge in [0.15, 0.2) is 5.15 Å². The molecule has 0 fully saturated rings. The zero-order valence-corrected chi connectivity index (χ0v) is 11.8. The van der Waals surface area contributed by atoms with E-state index in [-0.39, 0.29) is 0 Å². The summed E-state index contributed by atoms with van der Waals surface area (Å²) in [5.74, 6) is 0. The monoisotopic (exact) mass is 284 g/mol. The minimum Gasteiger partial charge on any atom is -0.377 e. The average Bonchev–Trinajstić information content (AvgIpc) is 2.75. The minimum absolute atomic E-state index is 0.391. The molecule has 4 nitrogen and oxygen atoms in total. The van der Waals surface area contributed by atoms with Gasteiger partial charge in [-0.1, -0.05) is 23.2 Å². The molecule has 0 saturated carbocycles. The molecule has 0 aromatic carbocycles. The van der Waals surface area contributed by atoms with Crippen molar-refractivity contribution in [3.05, 3.63) is 40.2 Å². The molecule has 0 spiro atoms. The van der Waals surface area contributed by atoms with Crippen molar-refractivity contribution in [3.63, 3.8) is 0 Å². The fourth-order valence-corrected chi connectivity index (χ4v) is 2.37. The van der Waals surface area contributed by atoms with Crippen molar-refractivity contribution >= 4 is 28.9 Å². The van der Waals surface area contributed by atoms with Crippen molar-refractivity contribution < 1.29 is 0 Å². The van der Waals surface area contributed by atoms with Crippen LogP contribution in [-0.4, -0.2) is 14.5 Å². The number of halogens is 2. The zero-order chi connectivity index (χ0) is 13.1. The molecule has 1 N–H and O–H groups in total. The molecular weight excluding hydrogens is 271 g/mol. The summed E-state index contributed by atoms with van der Waals surface area (Å²) < 4.78 is 2.07. The number of aromatic nitrogens is 3. The van der Waals surface area contributed by atoms with E-state index in [1.54, 1.807) is 6.07 Å². The van der Waals surface area contributed by atoms with Gasteiger partial charge in [-0.15, -0.1) is 0 Å². The van der Waals surface area contributed by atoms with Gasteiger partial charge in [0.1, 0.15) is 5.15 Å². The maximum absolute atomic E-state index is 6.07. The first-order chi connectivity index (χ1) is 8.61. The molecule has 0 radical (unpaired) electrons. The van der Waals surface area contributed by atoms with Gasteiger partial charge >= 0.3 is 0 Å². The molecule has 2 heterocycles. The molecule has 0 aliphatic heterocycles. The van der Waals surface area contributed by atoms with E-state index in [0.29, 0.717) is 16.9 Å². The van der Waals surface area contributed by atoms with Crippen molar-refractivity contribution in [2.75, 3.05) is 5.32 Å². The molecule has 0 amide bonds. The van der Waals surface area contributed by atoms with Crippen molar-refractivity contribution in [1.82, 2.24) is 14.5 Å². The summed E-state index contributed by atoms with van der Waals surface area (Å²) in [5, 5.41) is 4.07. The van der Waals surface area contributed by atoms with Crippen LogP contribution in [0.2, 0.25) is 10.3 Å². The van der Waals surface area contributed by atoms with Gasteiger partial charge in [0.25, 0.3) is 0 Å². The van der Waals surface area contributed by atoms with E-state index in [1.165, 1.54) is 0 Å². The third-order valence-electron chi connectivity index (χ3n) is 2.73. The molecule has 0 unspecified atom stereocenters. The lowest BCUT2D eigenvalue weighted by Crippen LogP contribution is -2.07. The lowest BCUT2D eigenvalue weighted by molar-refractivity contribution is 0.719. The largest absolute Gasteiger partial charge is 0.377 e. The van der Waals surface area contributed by atoms with Crippen LogP contribution >= 0.6 is 23.2 Å². The van der Waals surface area contributed by atoms with Gasteiger partial charge in [0.05, 0.1) is 24.3 Å². The SMILES string of the molecule is CCn1cncc1CNc1c(C)cc(Cl)nc1Cl. The number of nitrogens with one attached hydrogen (secondary N) is 1. The van der Waals surface area contributed by atoms with Crippen LogP contribution in [0.25, 0.3) is 0 Å². The number of anilines is 1. The molecule has 96 valence electrons. The Morgan fingerprint density at radius 3 is 2.83 bits per heavy atom. The number of hydrogen-bond acceptors (Lipinski definition) is 3. The molecule has 0 bridgehead atoms. The predicted molar refractivity (Wildman–Crippen MR) is 74.2 cm³/mol. The summed E-state index contributed by atoms with van der Waals surface area (Å²) in [6, 6.07) is 1.78. The van der Waals surface area contributed by atoms with Gasteiger partial charge in [0.2, 0.25) is 0 Å². The Morgan fingerprint density at radius 2 is 2.17 bits per heavy atom. The Kier molecular flexibility index (Phi) is 4.09. The highest BCUT2D eigenvalue weighted by Crippen LogP contribution is 2.26. The van der Waals surface area contributed by atoms with Crippen LogP contribution in [-0.2, 0) is 13.1 Å². The van der Waals surface area contributed by atoms with Crippen LogP contribution in [0, 0.1) is 6.92 Å². The van der Waals surface area contributed by atoms with Crippen LogP contribution in [0.4, 0.5) is 5.69 Å². The minimum atomic E-state index is 0.391. The molecule has 0 aliphatic rings. The zero-order valence-electron chi connectivity index (χ0n) is 10.2. The van der Waals surface area contributed by atoms with Crippen molar-refractivity contribution in [2.24, 2.45) is 0 Å². The number of hydrogen-bond donors (Lipinski definition) is 1.